The number of benzene rings is 1. The van der Waals surface area contributed by atoms with Gasteiger partial charge in [0.1, 0.15) is 11.6 Å². The van der Waals surface area contributed by atoms with Gasteiger partial charge in [-0.3, -0.25) is 4.79 Å². The van der Waals surface area contributed by atoms with Crippen molar-refractivity contribution >= 4 is 5.78 Å². The van der Waals surface area contributed by atoms with Crippen LogP contribution in [0, 0.1) is 11.6 Å². The molecule has 2 aromatic rings. The Labute approximate surface area is 103 Å². The van der Waals surface area contributed by atoms with Crippen LogP contribution in [0.4, 0.5) is 17.6 Å². The molecule has 0 unspecified atom stereocenters. The lowest BCUT2D eigenvalue weighted by molar-refractivity contribution is -0.00118. The molecule has 0 saturated carbocycles. The van der Waals surface area contributed by atoms with Gasteiger partial charge >= 0.3 is 5.92 Å². The van der Waals surface area contributed by atoms with Crippen molar-refractivity contribution in [1.29, 1.82) is 0 Å². The van der Waals surface area contributed by atoms with E-state index in [0.717, 1.165) is 7.05 Å². The van der Waals surface area contributed by atoms with Crippen LogP contribution in [0.5, 0.6) is 0 Å². The largest absolute Gasteiger partial charge is 0.369 e. The number of aryl methyl sites for hydroxylation is 1. The third-order valence-electron chi connectivity index (χ3n) is 2.36. The minimum atomic E-state index is -4.11. The fourth-order valence-corrected chi connectivity index (χ4v) is 1.44. The number of rotatable bonds is 3. The van der Waals surface area contributed by atoms with E-state index in [1.807, 2.05) is 0 Å². The summed E-state index contributed by atoms with van der Waals surface area (Å²) in [6.07, 6.45) is 0. The Morgan fingerprint density at radius 1 is 1.32 bits per heavy atom. The highest BCUT2D eigenvalue weighted by molar-refractivity contribution is 6.01. The topological polar surface area (TPSA) is 60.7 Å². The Morgan fingerprint density at radius 2 is 2.00 bits per heavy atom. The first-order valence-electron chi connectivity index (χ1n) is 4.94. The third kappa shape index (κ3) is 2.18. The van der Waals surface area contributed by atoms with Crippen molar-refractivity contribution in [3.8, 4) is 0 Å². The molecular formula is C10H6F4N4O. The summed E-state index contributed by atoms with van der Waals surface area (Å²) in [6, 6.07) is 1.70. The van der Waals surface area contributed by atoms with Gasteiger partial charge in [0.15, 0.2) is 0 Å². The van der Waals surface area contributed by atoms with Gasteiger partial charge < -0.3 is 0 Å². The zero-order valence-corrected chi connectivity index (χ0v) is 9.44. The van der Waals surface area contributed by atoms with Crippen molar-refractivity contribution in [1.82, 2.24) is 20.2 Å². The summed E-state index contributed by atoms with van der Waals surface area (Å²) in [7, 11) is 1.11. The number of halogens is 4. The fraction of sp³-hybridized carbons (Fsp3) is 0.200. The first-order valence-corrected chi connectivity index (χ1v) is 4.94. The Morgan fingerprint density at radius 3 is 2.53 bits per heavy atom. The predicted molar refractivity (Wildman–Crippen MR) is 53.4 cm³/mol. The van der Waals surface area contributed by atoms with E-state index in [1.165, 1.54) is 0 Å². The van der Waals surface area contributed by atoms with Crippen molar-refractivity contribution in [2.24, 2.45) is 7.05 Å². The molecule has 0 spiro atoms. The number of nitrogens with zero attached hydrogens (tertiary/aromatic N) is 4. The number of carbonyl (C=O) groups is 1. The van der Waals surface area contributed by atoms with Gasteiger partial charge in [-0.1, -0.05) is 0 Å². The molecule has 0 amide bonds. The Balaban J connectivity index is 2.46. The third-order valence-corrected chi connectivity index (χ3v) is 2.36. The average Bonchev–Trinajstić information content (AvgIpc) is 2.75. The zero-order chi connectivity index (χ0) is 14.2. The van der Waals surface area contributed by atoms with Crippen LogP contribution in [-0.2, 0) is 13.0 Å². The highest BCUT2D eigenvalue weighted by Gasteiger charge is 2.47. The van der Waals surface area contributed by atoms with E-state index in [0.29, 0.717) is 22.9 Å². The molecule has 1 aromatic heterocycles. The zero-order valence-electron chi connectivity index (χ0n) is 9.44. The molecule has 1 aromatic carbocycles. The van der Waals surface area contributed by atoms with Gasteiger partial charge in [-0.15, -0.1) is 5.10 Å². The number of hydrogen-bond donors (Lipinski definition) is 0. The lowest BCUT2D eigenvalue weighted by atomic mass is 10.0. The smallest absolute Gasteiger partial charge is 0.287 e. The second-order valence-electron chi connectivity index (χ2n) is 3.65. The van der Waals surface area contributed by atoms with Gasteiger partial charge in [-0.05, 0) is 22.6 Å². The van der Waals surface area contributed by atoms with Crippen LogP contribution in [0.1, 0.15) is 16.2 Å². The van der Waals surface area contributed by atoms with Crippen LogP contribution in [0.15, 0.2) is 18.2 Å². The second-order valence-corrected chi connectivity index (χ2v) is 3.65. The van der Waals surface area contributed by atoms with Gasteiger partial charge in [-0.2, -0.15) is 8.78 Å². The summed E-state index contributed by atoms with van der Waals surface area (Å²) < 4.78 is 54.3. The molecule has 0 saturated heterocycles. The summed E-state index contributed by atoms with van der Waals surface area (Å²) in [6.45, 7) is 0. The number of carbonyl (C=O) groups excluding carboxylic acids is 1. The Hall–Kier alpha value is -2.32. The number of alkyl halides is 2. The molecular weight excluding hydrogens is 268 g/mol. The van der Waals surface area contributed by atoms with E-state index in [9.17, 15) is 22.4 Å². The van der Waals surface area contributed by atoms with Crippen molar-refractivity contribution in [2.75, 3.05) is 0 Å². The lowest BCUT2D eigenvalue weighted by Gasteiger charge is -2.13. The molecule has 100 valence electrons. The van der Waals surface area contributed by atoms with E-state index in [2.05, 4.69) is 15.5 Å². The molecule has 0 aliphatic rings. The van der Waals surface area contributed by atoms with Gasteiger partial charge in [0, 0.05) is 13.1 Å². The molecule has 0 aliphatic carbocycles. The first-order chi connectivity index (χ1) is 8.84. The number of aromatic nitrogens is 4. The maximum Gasteiger partial charge on any atom is 0.369 e. The van der Waals surface area contributed by atoms with Gasteiger partial charge in [0.2, 0.25) is 11.6 Å². The number of Topliss-reactive ketones (excluding diaryl/α,β-unsaturated/α-hetero) is 1. The lowest BCUT2D eigenvalue weighted by Crippen LogP contribution is -2.30. The van der Waals surface area contributed by atoms with E-state index in [1.54, 1.807) is 0 Å². The number of tetrazole rings is 1. The van der Waals surface area contributed by atoms with Crippen molar-refractivity contribution < 1.29 is 22.4 Å². The highest BCUT2D eigenvalue weighted by Crippen LogP contribution is 2.30. The fourth-order valence-electron chi connectivity index (χ4n) is 1.44. The van der Waals surface area contributed by atoms with Gasteiger partial charge in [-0.25, -0.2) is 13.5 Å². The minimum Gasteiger partial charge on any atom is -0.287 e. The van der Waals surface area contributed by atoms with Crippen LogP contribution in [0.25, 0.3) is 0 Å². The Bertz CT molecular complexity index is 640. The molecule has 1 heterocycles. The van der Waals surface area contributed by atoms with Crippen LogP contribution in [0.3, 0.4) is 0 Å². The molecule has 9 heteroatoms. The summed E-state index contributed by atoms with van der Waals surface area (Å²) in [5.41, 5.74) is -0.936. The van der Waals surface area contributed by atoms with Crippen LogP contribution in [-0.4, -0.2) is 26.0 Å². The molecule has 0 atom stereocenters. The van der Waals surface area contributed by atoms with Crippen LogP contribution < -0.4 is 0 Å². The highest BCUT2D eigenvalue weighted by atomic mass is 19.3. The SMILES string of the molecule is Cn1nnnc1C(F)(F)C(=O)c1ccc(F)cc1F. The van der Waals surface area contributed by atoms with Crippen molar-refractivity contribution in [3.05, 3.63) is 41.2 Å². The van der Waals surface area contributed by atoms with Crippen LogP contribution in [0.2, 0.25) is 0 Å². The Kier molecular flexibility index (Phi) is 3.05. The summed E-state index contributed by atoms with van der Waals surface area (Å²) in [5, 5.41) is 9.16. The monoisotopic (exact) mass is 274 g/mol. The maximum atomic E-state index is 13.8. The quantitative estimate of drug-likeness (QED) is 0.628. The molecule has 0 radical (unpaired) electrons. The molecule has 0 bridgehead atoms. The molecule has 0 aliphatic heterocycles. The first kappa shape index (κ1) is 13.1. The summed E-state index contributed by atoms with van der Waals surface area (Å²) >= 11 is 0. The van der Waals surface area contributed by atoms with E-state index in [4.69, 9.17) is 0 Å². The molecule has 0 fully saturated rings. The second kappa shape index (κ2) is 4.41. The van der Waals surface area contributed by atoms with E-state index >= 15 is 0 Å². The van der Waals surface area contributed by atoms with E-state index in [-0.39, 0.29) is 0 Å². The summed E-state index contributed by atoms with van der Waals surface area (Å²) in [5.74, 6) is -9.33. The molecule has 0 N–H and O–H groups in total. The summed E-state index contributed by atoms with van der Waals surface area (Å²) in [4.78, 5) is 11.6. The number of ketones is 1. The standard InChI is InChI=1S/C10H6F4N4O/c1-18-9(15-16-17-18)10(13,14)8(19)6-3-2-5(11)4-7(6)12/h2-4H,1H3. The van der Waals surface area contributed by atoms with Crippen LogP contribution >= 0.6 is 0 Å². The normalized spacial score (nSPS) is 11.6. The van der Waals surface area contributed by atoms with Gasteiger partial charge in [0.05, 0.1) is 5.56 Å². The molecule has 19 heavy (non-hydrogen) atoms. The minimum absolute atomic E-state index is 0.345. The molecule has 5 nitrogen and oxygen atoms in total. The average molecular weight is 274 g/mol. The van der Waals surface area contributed by atoms with Crippen molar-refractivity contribution in [3.63, 3.8) is 0 Å². The maximum absolute atomic E-state index is 13.8. The number of hydrogen-bond acceptors (Lipinski definition) is 4. The van der Waals surface area contributed by atoms with Crippen molar-refractivity contribution in [2.45, 2.75) is 5.92 Å². The van der Waals surface area contributed by atoms with Gasteiger partial charge in [0.25, 0.3) is 0 Å². The molecule has 2 rings (SSSR count). The predicted octanol–water partition coefficient (Wildman–Crippen LogP) is 1.46. The van der Waals surface area contributed by atoms with E-state index < -0.39 is 34.7 Å².